The van der Waals surface area contributed by atoms with Crippen molar-refractivity contribution >= 4 is 9.84 Å². The highest BCUT2D eigenvalue weighted by atomic mass is 32.2. The summed E-state index contributed by atoms with van der Waals surface area (Å²) in [6, 6.07) is 0. The van der Waals surface area contributed by atoms with Gasteiger partial charge >= 0.3 is 0 Å². The van der Waals surface area contributed by atoms with Crippen LogP contribution >= 0.6 is 0 Å². The first-order chi connectivity index (χ1) is 6.57. The molecule has 0 unspecified atom stereocenters. The summed E-state index contributed by atoms with van der Waals surface area (Å²) in [6.07, 6.45) is 0.757. The summed E-state index contributed by atoms with van der Waals surface area (Å²) >= 11 is 0. The van der Waals surface area contributed by atoms with Crippen LogP contribution < -0.4 is 5.73 Å². The molecule has 0 saturated carbocycles. The Morgan fingerprint density at radius 3 is 2.57 bits per heavy atom. The first kappa shape index (κ1) is 11.9. The molecule has 1 aliphatic rings. The van der Waals surface area contributed by atoms with E-state index >= 15 is 0 Å². The lowest BCUT2D eigenvalue weighted by molar-refractivity contribution is 0.107. The Balaban J connectivity index is 2.06. The van der Waals surface area contributed by atoms with Gasteiger partial charge < -0.3 is 10.6 Å². The molecule has 1 rings (SSSR count). The summed E-state index contributed by atoms with van der Waals surface area (Å²) in [6.45, 7) is 5.44. The second-order valence-corrected chi connectivity index (χ2v) is 6.42. The number of nitrogens with zero attached hydrogens (tertiary/aromatic N) is 1. The zero-order valence-corrected chi connectivity index (χ0v) is 9.59. The van der Waals surface area contributed by atoms with Crippen molar-refractivity contribution in [2.24, 2.45) is 11.7 Å². The topological polar surface area (TPSA) is 63.4 Å². The second-order valence-electron chi connectivity index (χ2n) is 3.95. The van der Waals surface area contributed by atoms with Crippen molar-refractivity contribution in [3.8, 4) is 0 Å². The van der Waals surface area contributed by atoms with Crippen LogP contribution in [0.3, 0.4) is 0 Å². The Hall–Kier alpha value is -0.130. The molecule has 84 valence electrons. The van der Waals surface area contributed by atoms with Crippen LogP contribution in [-0.4, -0.2) is 51.0 Å². The minimum atomic E-state index is -2.77. The van der Waals surface area contributed by atoms with E-state index < -0.39 is 9.84 Å². The molecule has 1 heterocycles. The molecule has 2 N–H and O–H groups in total. The summed E-state index contributed by atoms with van der Waals surface area (Å²) < 4.78 is 22.3. The highest BCUT2D eigenvalue weighted by molar-refractivity contribution is 7.91. The molecule has 0 bridgehead atoms. The molecule has 0 radical (unpaired) electrons. The molecule has 0 aromatic rings. The van der Waals surface area contributed by atoms with E-state index in [-0.39, 0.29) is 5.75 Å². The number of sulfone groups is 1. The van der Waals surface area contributed by atoms with Crippen LogP contribution in [0.25, 0.3) is 0 Å². The molecule has 0 aliphatic carbocycles. The molecule has 1 aliphatic heterocycles. The van der Waals surface area contributed by atoms with Crippen molar-refractivity contribution in [1.29, 1.82) is 0 Å². The third-order valence-electron chi connectivity index (χ3n) is 2.74. The first-order valence-electron chi connectivity index (χ1n) is 5.20. The van der Waals surface area contributed by atoms with Crippen molar-refractivity contribution in [1.82, 2.24) is 4.90 Å². The SMILES string of the molecule is CCS(=O)(=O)CCCN1CC(CN)C1. The van der Waals surface area contributed by atoms with Crippen molar-refractivity contribution in [3.05, 3.63) is 0 Å². The molecule has 0 aromatic heterocycles. The standard InChI is InChI=1S/C9H20N2O2S/c1-2-14(12,13)5-3-4-11-7-9(6-10)8-11/h9H,2-8,10H2,1H3. The molecule has 0 amide bonds. The third-order valence-corrected chi connectivity index (χ3v) is 4.53. The highest BCUT2D eigenvalue weighted by Crippen LogP contribution is 2.13. The van der Waals surface area contributed by atoms with Gasteiger partial charge in [0.1, 0.15) is 9.84 Å². The molecule has 1 fully saturated rings. The number of hydrogen-bond acceptors (Lipinski definition) is 4. The summed E-state index contributed by atoms with van der Waals surface area (Å²) in [5, 5.41) is 0. The van der Waals surface area contributed by atoms with Gasteiger partial charge in [-0.2, -0.15) is 0 Å². The summed E-state index contributed by atoms with van der Waals surface area (Å²) in [7, 11) is -2.77. The van der Waals surface area contributed by atoms with Gasteiger partial charge in [0, 0.05) is 18.8 Å². The lowest BCUT2D eigenvalue weighted by Gasteiger charge is -2.38. The predicted octanol–water partition coefficient (Wildman–Crippen LogP) is -0.298. The van der Waals surface area contributed by atoms with Gasteiger partial charge in [0.2, 0.25) is 0 Å². The maximum atomic E-state index is 11.2. The molecule has 14 heavy (non-hydrogen) atoms. The Labute approximate surface area is 86.4 Å². The lowest BCUT2D eigenvalue weighted by atomic mass is 10.0. The van der Waals surface area contributed by atoms with Gasteiger partial charge in [-0.3, -0.25) is 0 Å². The molecule has 1 saturated heterocycles. The molecule has 5 heteroatoms. The average molecular weight is 220 g/mol. The number of hydrogen-bond donors (Lipinski definition) is 1. The van der Waals surface area contributed by atoms with Gasteiger partial charge in [0.15, 0.2) is 0 Å². The summed E-state index contributed by atoms with van der Waals surface area (Å²) in [5.74, 6) is 1.23. The zero-order chi connectivity index (χ0) is 10.6. The van der Waals surface area contributed by atoms with E-state index in [1.165, 1.54) is 0 Å². The molecule has 0 atom stereocenters. The van der Waals surface area contributed by atoms with E-state index in [0.717, 1.165) is 32.6 Å². The highest BCUT2D eigenvalue weighted by Gasteiger charge is 2.24. The normalized spacial score (nSPS) is 19.6. The summed E-state index contributed by atoms with van der Waals surface area (Å²) in [5.41, 5.74) is 5.49. The van der Waals surface area contributed by atoms with E-state index in [1.807, 2.05) is 0 Å². The molecular formula is C9H20N2O2S. The lowest BCUT2D eigenvalue weighted by Crippen LogP contribution is -2.50. The van der Waals surface area contributed by atoms with Gasteiger partial charge in [0.05, 0.1) is 5.75 Å². The van der Waals surface area contributed by atoms with Crippen molar-refractivity contribution in [2.75, 3.05) is 37.7 Å². The largest absolute Gasteiger partial charge is 0.330 e. The maximum Gasteiger partial charge on any atom is 0.150 e. The van der Waals surface area contributed by atoms with Crippen LogP contribution in [0.1, 0.15) is 13.3 Å². The average Bonchev–Trinajstić information content (AvgIpc) is 2.09. The second kappa shape index (κ2) is 5.09. The molecular weight excluding hydrogens is 200 g/mol. The van der Waals surface area contributed by atoms with E-state index in [4.69, 9.17) is 5.73 Å². The Bertz CT molecular complexity index is 258. The predicted molar refractivity (Wildman–Crippen MR) is 57.9 cm³/mol. The monoisotopic (exact) mass is 220 g/mol. The Morgan fingerprint density at radius 1 is 1.43 bits per heavy atom. The maximum absolute atomic E-state index is 11.2. The van der Waals surface area contributed by atoms with Gasteiger partial charge in [-0.05, 0) is 25.4 Å². The van der Waals surface area contributed by atoms with Crippen molar-refractivity contribution in [3.63, 3.8) is 0 Å². The van der Waals surface area contributed by atoms with Crippen LogP contribution in [0, 0.1) is 5.92 Å². The molecule has 0 spiro atoms. The van der Waals surface area contributed by atoms with E-state index in [9.17, 15) is 8.42 Å². The van der Waals surface area contributed by atoms with Gasteiger partial charge in [-0.15, -0.1) is 0 Å². The van der Waals surface area contributed by atoms with E-state index in [0.29, 0.717) is 11.7 Å². The number of rotatable bonds is 6. The van der Waals surface area contributed by atoms with Crippen LogP contribution in [0.5, 0.6) is 0 Å². The summed E-state index contributed by atoms with van der Waals surface area (Å²) in [4.78, 5) is 2.27. The van der Waals surface area contributed by atoms with Crippen LogP contribution in [0.2, 0.25) is 0 Å². The first-order valence-corrected chi connectivity index (χ1v) is 7.02. The number of nitrogens with two attached hydrogens (primary N) is 1. The minimum Gasteiger partial charge on any atom is -0.330 e. The van der Waals surface area contributed by atoms with Crippen molar-refractivity contribution < 1.29 is 8.42 Å². The van der Waals surface area contributed by atoms with Gasteiger partial charge in [0.25, 0.3) is 0 Å². The fourth-order valence-corrected chi connectivity index (χ4v) is 2.52. The molecule has 4 nitrogen and oxygen atoms in total. The van der Waals surface area contributed by atoms with Gasteiger partial charge in [-0.1, -0.05) is 6.92 Å². The van der Waals surface area contributed by atoms with Crippen LogP contribution in [0.15, 0.2) is 0 Å². The Morgan fingerprint density at radius 2 is 2.07 bits per heavy atom. The van der Waals surface area contributed by atoms with Crippen molar-refractivity contribution in [2.45, 2.75) is 13.3 Å². The minimum absolute atomic E-state index is 0.262. The van der Waals surface area contributed by atoms with Gasteiger partial charge in [-0.25, -0.2) is 8.42 Å². The van der Waals surface area contributed by atoms with Crippen LogP contribution in [0.4, 0.5) is 0 Å². The number of likely N-dealkylation sites (tertiary alicyclic amines) is 1. The zero-order valence-electron chi connectivity index (χ0n) is 8.78. The molecule has 0 aromatic carbocycles. The Kier molecular flexibility index (Phi) is 4.34. The fraction of sp³-hybridized carbons (Fsp3) is 1.00. The smallest absolute Gasteiger partial charge is 0.150 e. The van der Waals surface area contributed by atoms with Crippen LogP contribution in [-0.2, 0) is 9.84 Å². The van der Waals surface area contributed by atoms with E-state index in [1.54, 1.807) is 6.92 Å². The fourth-order valence-electron chi connectivity index (χ4n) is 1.66. The quantitative estimate of drug-likeness (QED) is 0.667. The van der Waals surface area contributed by atoms with E-state index in [2.05, 4.69) is 4.90 Å². The third kappa shape index (κ3) is 3.55.